The van der Waals surface area contributed by atoms with Crippen LogP contribution in [-0.4, -0.2) is 34.8 Å². The zero-order chi connectivity index (χ0) is 15.4. The summed E-state index contributed by atoms with van der Waals surface area (Å²) in [7, 11) is 0. The second-order valence-electron chi connectivity index (χ2n) is 6.54. The molecular weight excluding hydrogens is 264 g/mol. The lowest BCUT2D eigenvalue weighted by Gasteiger charge is -2.47. The summed E-state index contributed by atoms with van der Waals surface area (Å²) in [6.07, 6.45) is 8.19. The standard InChI is InChI=1S/C17H30N2O2/c1-4-9-13-17(21)19(14(6-3)16(20)18-13)15-11-8-7-10-12(15)5-2/h12-15H,4-11H2,1-3H3,(H,18,20). The summed E-state index contributed by atoms with van der Waals surface area (Å²) in [6.45, 7) is 6.28. The van der Waals surface area contributed by atoms with Crippen LogP contribution < -0.4 is 5.32 Å². The number of hydrogen-bond acceptors (Lipinski definition) is 2. The average Bonchev–Trinajstić information content (AvgIpc) is 2.50. The quantitative estimate of drug-likeness (QED) is 0.847. The normalized spacial score (nSPS) is 34.0. The third-order valence-electron chi connectivity index (χ3n) is 5.22. The summed E-state index contributed by atoms with van der Waals surface area (Å²) in [5.41, 5.74) is 0. The molecule has 4 heteroatoms. The number of nitrogens with one attached hydrogen (secondary N) is 1. The van der Waals surface area contributed by atoms with Crippen LogP contribution >= 0.6 is 0 Å². The smallest absolute Gasteiger partial charge is 0.246 e. The number of hydrogen-bond donors (Lipinski definition) is 1. The second kappa shape index (κ2) is 7.28. The maximum Gasteiger partial charge on any atom is 0.246 e. The highest BCUT2D eigenvalue weighted by Gasteiger charge is 2.44. The first-order chi connectivity index (χ1) is 10.1. The van der Waals surface area contributed by atoms with Crippen LogP contribution in [0.1, 0.15) is 72.1 Å². The predicted molar refractivity (Wildman–Crippen MR) is 83.8 cm³/mol. The highest BCUT2D eigenvalue weighted by Crippen LogP contribution is 2.34. The lowest BCUT2D eigenvalue weighted by atomic mass is 9.80. The lowest BCUT2D eigenvalue weighted by Crippen LogP contribution is -2.66. The predicted octanol–water partition coefficient (Wildman–Crippen LogP) is 2.86. The van der Waals surface area contributed by atoms with E-state index in [9.17, 15) is 9.59 Å². The molecule has 4 atom stereocenters. The van der Waals surface area contributed by atoms with E-state index in [1.165, 1.54) is 19.3 Å². The summed E-state index contributed by atoms with van der Waals surface area (Å²) in [5, 5.41) is 2.94. The van der Waals surface area contributed by atoms with Gasteiger partial charge in [-0.2, -0.15) is 0 Å². The Morgan fingerprint density at radius 3 is 2.43 bits per heavy atom. The van der Waals surface area contributed by atoms with Gasteiger partial charge in [-0.25, -0.2) is 0 Å². The van der Waals surface area contributed by atoms with Gasteiger partial charge in [0.2, 0.25) is 11.8 Å². The second-order valence-corrected chi connectivity index (χ2v) is 6.54. The van der Waals surface area contributed by atoms with E-state index in [4.69, 9.17) is 0 Å². The highest BCUT2D eigenvalue weighted by molar-refractivity contribution is 5.97. The van der Waals surface area contributed by atoms with Crippen molar-refractivity contribution in [3.63, 3.8) is 0 Å². The monoisotopic (exact) mass is 294 g/mol. The fraction of sp³-hybridized carbons (Fsp3) is 0.882. The van der Waals surface area contributed by atoms with Crippen molar-refractivity contribution in [2.75, 3.05) is 0 Å². The van der Waals surface area contributed by atoms with E-state index >= 15 is 0 Å². The number of rotatable bonds is 5. The van der Waals surface area contributed by atoms with Crippen molar-refractivity contribution in [1.29, 1.82) is 0 Å². The molecule has 1 saturated carbocycles. The van der Waals surface area contributed by atoms with Crippen LogP contribution in [0.15, 0.2) is 0 Å². The maximum atomic E-state index is 12.9. The van der Waals surface area contributed by atoms with Gasteiger partial charge in [0.15, 0.2) is 0 Å². The molecule has 4 nitrogen and oxygen atoms in total. The minimum atomic E-state index is -0.301. The summed E-state index contributed by atoms with van der Waals surface area (Å²) >= 11 is 0. The molecule has 2 fully saturated rings. The van der Waals surface area contributed by atoms with Gasteiger partial charge in [-0.1, -0.05) is 46.5 Å². The molecule has 0 aromatic heterocycles. The number of piperazine rings is 1. The minimum absolute atomic E-state index is 0.0518. The Morgan fingerprint density at radius 2 is 1.81 bits per heavy atom. The molecule has 21 heavy (non-hydrogen) atoms. The van der Waals surface area contributed by atoms with Gasteiger partial charge in [-0.15, -0.1) is 0 Å². The van der Waals surface area contributed by atoms with Crippen LogP contribution in [0.2, 0.25) is 0 Å². The van der Waals surface area contributed by atoms with E-state index in [0.717, 1.165) is 25.7 Å². The number of nitrogens with zero attached hydrogens (tertiary/aromatic N) is 1. The van der Waals surface area contributed by atoms with E-state index < -0.39 is 0 Å². The Balaban J connectivity index is 2.25. The van der Waals surface area contributed by atoms with Crippen molar-refractivity contribution in [2.45, 2.75) is 90.3 Å². The fourth-order valence-electron chi connectivity index (χ4n) is 4.08. The zero-order valence-electron chi connectivity index (χ0n) is 13.7. The fourth-order valence-corrected chi connectivity index (χ4v) is 4.08. The van der Waals surface area contributed by atoms with Crippen molar-refractivity contribution < 1.29 is 9.59 Å². The summed E-state index contributed by atoms with van der Waals surface area (Å²) in [6, 6.07) is -0.293. The van der Waals surface area contributed by atoms with E-state index in [0.29, 0.717) is 12.3 Å². The van der Waals surface area contributed by atoms with Gasteiger partial charge in [0.1, 0.15) is 12.1 Å². The average molecular weight is 294 g/mol. The zero-order valence-corrected chi connectivity index (χ0v) is 13.7. The molecule has 0 radical (unpaired) electrons. The first-order valence-corrected chi connectivity index (χ1v) is 8.76. The number of carbonyl (C=O) groups excluding carboxylic acids is 2. The van der Waals surface area contributed by atoms with Crippen LogP contribution in [0.5, 0.6) is 0 Å². The molecular formula is C17H30N2O2. The van der Waals surface area contributed by atoms with Gasteiger partial charge in [0.05, 0.1) is 0 Å². The SMILES string of the molecule is CCCC1NC(=O)C(CC)N(C2CCCCC2CC)C1=O. The van der Waals surface area contributed by atoms with Crippen LogP contribution in [0.4, 0.5) is 0 Å². The van der Waals surface area contributed by atoms with Gasteiger partial charge < -0.3 is 10.2 Å². The first-order valence-electron chi connectivity index (χ1n) is 8.76. The largest absolute Gasteiger partial charge is 0.343 e. The van der Waals surface area contributed by atoms with Crippen molar-refractivity contribution in [1.82, 2.24) is 10.2 Å². The Labute approximate surface area is 128 Å². The molecule has 2 rings (SSSR count). The van der Waals surface area contributed by atoms with Gasteiger partial charge in [-0.3, -0.25) is 9.59 Å². The Kier molecular flexibility index (Phi) is 5.65. The van der Waals surface area contributed by atoms with E-state index in [1.807, 2.05) is 11.8 Å². The van der Waals surface area contributed by atoms with E-state index in [2.05, 4.69) is 19.2 Å². The van der Waals surface area contributed by atoms with Gasteiger partial charge in [-0.05, 0) is 31.6 Å². The lowest BCUT2D eigenvalue weighted by molar-refractivity contribution is -0.155. The van der Waals surface area contributed by atoms with Crippen molar-refractivity contribution in [2.24, 2.45) is 5.92 Å². The third kappa shape index (κ3) is 3.24. The first kappa shape index (κ1) is 16.3. The molecule has 120 valence electrons. The van der Waals surface area contributed by atoms with Crippen molar-refractivity contribution in [3.8, 4) is 0 Å². The van der Waals surface area contributed by atoms with Crippen LogP contribution in [-0.2, 0) is 9.59 Å². The van der Waals surface area contributed by atoms with Crippen LogP contribution in [0.25, 0.3) is 0 Å². The number of carbonyl (C=O) groups is 2. The molecule has 1 saturated heterocycles. The summed E-state index contributed by atoms with van der Waals surface area (Å²) < 4.78 is 0. The molecule has 0 aromatic carbocycles. The number of amides is 2. The Hall–Kier alpha value is -1.06. The van der Waals surface area contributed by atoms with Crippen LogP contribution in [0.3, 0.4) is 0 Å². The molecule has 2 amide bonds. The molecule has 1 aliphatic carbocycles. The molecule has 0 bridgehead atoms. The molecule has 4 unspecified atom stereocenters. The Morgan fingerprint density at radius 1 is 1.10 bits per heavy atom. The Bertz CT molecular complexity index is 383. The van der Waals surface area contributed by atoms with Gasteiger partial charge in [0, 0.05) is 6.04 Å². The van der Waals surface area contributed by atoms with Crippen molar-refractivity contribution >= 4 is 11.8 Å². The van der Waals surface area contributed by atoms with E-state index in [1.54, 1.807) is 0 Å². The molecule has 0 aromatic rings. The van der Waals surface area contributed by atoms with Crippen molar-refractivity contribution in [3.05, 3.63) is 0 Å². The molecule has 1 N–H and O–H groups in total. The van der Waals surface area contributed by atoms with Gasteiger partial charge >= 0.3 is 0 Å². The summed E-state index contributed by atoms with van der Waals surface area (Å²) in [4.78, 5) is 27.3. The van der Waals surface area contributed by atoms with Gasteiger partial charge in [0.25, 0.3) is 0 Å². The third-order valence-corrected chi connectivity index (χ3v) is 5.22. The minimum Gasteiger partial charge on any atom is -0.343 e. The molecule has 1 heterocycles. The van der Waals surface area contributed by atoms with Crippen LogP contribution in [0, 0.1) is 5.92 Å². The summed E-state index contributed by atoms with van der Waals surface area (Å²) in [5.74, 6) is 0.773. The molecule has 2 aliphatic rings. The van der Waals surface area contributed by atoms with E-state index in [-0.39, 0.29) is 29.9 Å². The molecule has 1 aliphatic heterocycles. The maximum absolute atomic E-state index is 12.9. The highest BCUT2D eigenvalue weighted by atomic mass is 16.2. The topological polar surface area (TPSA) is 49.4 Å². The molecule has 0 spiro atoms.